The Morgan fingerprint density at radius 2 is 2.21 bits per heavy atom. The summed E-state index contributed by atoms with van der Waals surface area (Å²) < 4.78 is 13.9. The average molecular weight is 264 g/mol. The molecule has 1 heterocycles. The van der Waals surface area contributed by atoms with E-state index in [-0.39, 0.29) is 11.9 Å². The number of rotatable bonds is 6. The molecule has 1 aliphatic rings. The fraction of sp³-hybridized carbons (Fsp3) is 0.625. The molecule has 0 aliphatic carbocycles. The standard InChI is InChI=1S/C16H25FN2/c1-3-11-19(12-14-7-6-10-18-14)13(2)15-8-4-5-9-16(15)17/h4-5,8-9,13-14,18H,3,6-7,10-12H2,1-2H3. The van der Waals surface area contributed by atoms with Gasteiger partial charge in [-0.1, -0.05) is 25.1 Å². The van der Waals surface area contributed by atoms with Crippen molar-refractivity contribution in [1.29, 1.82) is 0 Å². The van der Waals surface area contributed by atoms with Gasteiger partial charge in [-0.15, -0.1) is 0 Å². The van der Waals surface area contributed by atoms with Crippen LogP contribution in [0.4, 0.5) is 4.39 Å². The first-order chi connectivity index (χ1) is 9.22. The second-order valence-electron chi connectivity index (χ2n) is 5.49. The van der Waals surface area contributed by atoms with Crippen LogP contribution >= 0.6 is 0 Å². The predicted octanol–water partition coefficient (Wildman–Crippen LogP) is 3.35. The quantitative estimate of drug-likeness (QED) is 0.847. The molecular weight excluding hydrogens is 239 g/mol. The summed E-state index contributed by atoms with van der Waals surface area (Å²) in [4.78, 5) is 2.40. The van der Waals surface area contributed by atoms with Crippen LogP contribution in [0.3, 0.4) is 0 Å². The number of halogens is 1. The molecular formula is C16H25FN2. The lowest BCUT2D eigenvalue weighted by Gasteiger charge is -2.31. The Bertz CT molecular complexity index is 388. The van der Waals surface area contributed by atoms with Gasteiger partial charge in [0.05, 0.1) is 0 Å². The molecule has 0 bridgehead atoms. The van der Waals surface area contributed by atoms with Crippen LogP contribution in [0.2, 0.25) is 0 Å². The summed E-state index contributed by atoms with van der Waals surface area (Å²) >= 11 is 0. The molecule has 2 rings (SSSR count). The fourth-order valence-electron chi connectivity index (χ4n) is 2.94. The third-order valence-electron chi connectivity index (χ3n) is 4.03. The molecule has 3 heteroatoms. The highest BCUT2D eigenvalue weighted by Crippen LogP contribution is 2.24. The van der Waals surface area contributed by atoms with Crippen molar-refractivity contribution in [3.05, 3.63) is 35.6 Å². The Morgan fingerprint density at radius 1 is 1.42 bits per heavy atom. The minimum atomic E-state index is -0.0875. The minimum Gasteiger partial charge on any atom is -0.313 e. The van der Waals surface area contributed by atoms with Gasteiger partial charge < -0.3 is 5.32 Å². The van der Waals surface area contributed by atoms with Gasteiger partial charge in [-0.3, -0.25) is 4.90 Å². The molecule has 1 N–H and O–H groups in total. The molecule has 0 saturated carbocycles. The molecule has 19 heavy (non-hydrogen) atoms. The zero-order valence-corrected chi connectivity index (χ0v) is 12.0. The van der Waals surface area contributed by atoms with Gasteiger partial charge >= 0.3 is 0 Å². The molecule has 1 saturated heterocycles. The number of hydrogen-bond acceptors (Lipinski definition) is 2. The van der Waals surface area contributed by atoms with Gasteiger partial charge in [0.15, 0.2) is 0 Å². The number of nitrogens with one attached hydrogen (secondary N) is 1. The molecule has 0 spiro atoms. The molecule has 2 atom stereocenters. The first-order valence-corrected chi connectivity index (χ1v) is 7.44. The zero-order valence-electron chi connectivity index (χ0n) is 12.0. The maximum Gasteiger partial charge on any atom is 0.127 e. The molecule has 0 aromatic heterocycles. The van der Waals surface area contributed by atoms with Crippen molar-refractivity contribution in [1.82, 2.24) is 10.2 Å². The fourth-order valence-corrected chi connectivity index (χ4v) is 2.94. The summed E-state index contributed by atoms with van der Waals surface area (Å²) in [5.41, 5.74) is 0.814. The van der Waals surface area contributed by atoms with Crippen LogP contribution in [0.15, 0.2) is 24.3 Å². The van der Waals surface area contributed by atoms with Crippen molar-refractivity contribution in [3.63, 3.8) is 0 Å². The molecule has 1 fully saturated rings. The Balaban J connectivity index is 2.06. The third kappa shape index (κ3) is 3.77. The first-order valence-electron chi connectivity index (χ1n) is 7.44. The lowest BCUT2D eigenvalue weighted by atomic mass is 10.0. The van der Waals surface area contributed by atoms with E-state index in [1.54, 1.807) is 12.1 Å². The van der Waals surface area contributed by atoms with Crippen LogP contribution in [0.25, 0.3) is 0 Å². The van der Waals surface area contributed by atoms with Crippen molar-refractivity contribution in [2.24, 2.45) is 0 Å². The first kappa shape index (κ1) is 14.5. The maximum atomic E-state index is 13.9. The van der Waals surface area contributed by atoms with Gasteiger partial charge in [0.25, 0.3) is 0 Å². The predicted molar refractivity (Wildman–Crippen MR) is 77.7 cm³/mol. The average Bonchev–Trinajstić information content (AvgIpc) is 2.91. The van der Waals surface area contributed by atoms with Crippen LogP contribution in [0.1, 0.15) is 44.7 Å². The van der Waals surface area contributed by atoms with Gasteiger partial charge in [0.2, 0.25) is 0 Å². The van der Waals surface area contributed by atoms with E-state index in [2.05, 4.69) is 24.1 Å². The van der Waals surface area contributed by atoms with Gasteiger partial charge in [-0.05, 0) is 45.3 Å². The van der Waals surface area contributed by atoms with Gasteiger partial charge in [-0.2, -0.15) is 0 Å². The molecule has 0 amide bonds. The monoisotopic (exact) mass is 264 g/mol. The lowest BCUT2D eigenvalue weighted by molar-refractivity contribution is 0.189. The molecule has 0 radical (unpaired) electrons. The van der Waals surface area contributed by atoms with Crippen molar-refractivity contribution in [2.45, 2.75) is 45.2 Å². The largest absolute Gasteiger partial charge is 0.313 e. The second kappa shape index (κ2) is 7.01. The van der Waals surface area contributed by atoms with E-state index >= 15 is 0 Å². The summed E-state index contributed by atoms with van der Waals surface area (Å²) in [6.07, 6.45) is 3.61. The van der Waals surface area contributed by atoms with Crippen molar-refractivity contribution < 1.29 is 4.39 Å². The van der Waals surface area contributed by atoms with E-state index in [0.717, 1.165) is 31.6 Å². The van der Waals surface area contributed by atoms with E-state index in [4.69, 9.17) is 0 Å². The molecule has 1 aromatic rings. The van der Waals surface area contributed by atoms with Crippen LogP contribution in [0.5, 0.6) is 0 Å². The number of nitrogens with zero attached hydrogens (tertiary/aromatic N) is 1. The zero-order chi connectivity index (χ0) is 13.7. The highest BCUT2D eigenvalue weighted by atomic mass is 19.1. The van der Waals surface area contributed by atoms with E-state index in [1.165, 1.54) is 12.8 Å². The SMILES string of the molecule is CCCN(CC1CCCN1)C(C)c1ccccc1F. The minimum absolute atomic E-state index is 0.0875. The van der Waals surface area contributed by atoms with Crippen molar-refractivity contribution in [2.75, 3.05) is 19.6 Å². The van der Waals surface area contributed by atoms with E-state index in [9.17, 15) is 4.39 Å². The lowest BCUT2D eigenvalue weighted by Crippen LogP contribution is -2.39. The van der Waals surface area contributed by atoms with Crippen molar-refractivity contribution >= 4 is 0 Å². The van der Waals surface area contributed by atoms with Crippen molar-refractivity contribution in [3.8, 4) is 0 Å². The van der Waals surface area contributed by atoms with E-state index < -0.39 is 0 Å². The topological polar surface area (TPSA) is 15.3 Å². The molecule has 1 aliphatic heterocycles. The molecule has 2 nitrogen and oxygen atoms in total. The van der Waals surface area contributed by atoms with Crippen LogP contribution in [0, 0.1) is 5.82 Å². The highest BCUT2D eigenvalue weighted by molar-refractivity contribution is 5.20. The molecule has 1 aromatic carbocycles. The van der Waals surface area contributed by atoms with Crippen LogP contribution in [-0.4, -0.2) is 30.6 Å². The van der Waals surface area contributed by atoms with Gasteiger partial charge in [0, 0.05) is 24.2 Å². The van der Waals surface area contributed by atoms with Gasteiger partial charge in [-0.25, -0.2) is 4.39 Å². The Labute approximate surface area is 116 Å². The maximum absolute atomic E-state index is 13.9. The molecule has 106 valence electrons. The van der Waals surface area contributed by atoms with Crippen LogP contribution in [-0.2, 0) is 0 Å². The summed E-state index contributed by atoms with van der Waals surface area (Å²) in [7, 11) is 0. The Morgan fingerprint density at radius 3 is 2.84 bits per heavy atom. The number of hydrogen-bond donors (Lipinski definition) is 1. The smallest absolute Gasteiger partial charge is 0.127 e. The van der Waals surface area contributed by atoms with Gasteiger partial charge in [0.1, 0.15) is 5.82 Å². The normalized spacial score (nSPS) is 20.9. The summed E-state index contributed by atoms with van der Waals surface area (Å²) in [6.45, 7) is 7.46. The van der Waals surface area contributed by atoms with Crippen LogP contribution < -0.4 is 5.32 Å². The van der Waals surface area contributed by atoms with E-state index in [1.807, 2.05) is 12.1 Å². The number of benzene rings is 1. The summed E-state index contributed by atoms with van der Waals surface area (Å²) in [5, 5.41) is 3.53. The molecule has 2 unspecified atom stereocenters. The summed E-state index contributed by atoms with van der Waals surface area (Å²) in [6, 6.07) is 7.86. The highest BCUT2D eigenvalue weighted by Gasteiger charge is 2.23. The third-order valence-corrected chi connectivity index (χ3v) is 4.03. The van der Waals surface area contributed by atoms with E-state index in [0.29, 0.717) is 6.04 Å². The second-order valence-corrected chi connectivity index (χ2v) is 5.49. The Kier molecular flexibility index (Phi) is 5.34. The summed E-state index contributed by atoms with van der Waals surface area (Å²) in [5.74, 6) is -0.0875. The Hall–Kier alpha value is -0.930.